The minimum absolute atomic E-state index is 0.0895. The summed E-state index contributed by atoms with van der Waals surface area (Å²) >= 11 is 0. The summed E-state index contributed by atoms with van der Waals surface area (Å²) in [4.78, 5) is 24.8. The third kappa shape index (κ3) is 6.83. The zero-order chi connectivity index (χ0) is 28.6. The number of para-hydroxylation sites is 1. The second-order valence-electron chi connectivity index (χ2n) is 9.67. The molecule has 4 rings (SSSR count). The number of rotatable bonds is 12. The molecule has 0 radical (unpaired) electrons. The van der Waals surface area contributed by atoms with E-state index in [-0.39, 0.29) is 31.1 Å². The molecule has 0 aliphatic rings. The predicted octanol–water partition coefficient (Wildman–Crippen LogP) is 5.75. The molecule has 208 valence electrons. The van der Waals surface area contributed by atoms with Crippen LogP contribution in [0.15, 0.2) is 84.9 Å². The summed E-state index contributed by atoms with van der Waals surface area (Å²) < 4.78 is 15.9. The highest BCUT2D eigenvalue weighted by Gasteiger charge is 2.29. The summed E-state index contributed by atoms with van der Waals surface area (Å²) in [6.07, 6.45) is -1.98. The first-order valence-corrected chi connectivity index (χ1v) is 13.3. The molecule has 0 saturated carbocycles. The number of aromatic nitrogens is 1. The first-order valence-electron chi connectivity index (χ1n) is 13.3. The molecule has 3 aromatic carbocycles. The van der Waals surface area contributed by atoms with Gasteiger partial charge in [-0.05, 0) is 66.8 Å². The smallest absolute Gasteiger partial charge is 0.305 e. The van der Waals surface area contributed by atoms with Crippen molar-refractivity contribution in [1.82, 2.24) is 4.57 Å². The van der Waals surface area contributed by atoms with E-state index in [2.05, 4.69) is 5.32 Å². The molecule has 8 heteroatoms. The SMILES string of the molecule is CCc1c(C(=O)Nc2ccccc2)c(-c2ccccc2)c(-c2ccc(F)cc2)n1CC[C@@H](O)C[C@@H](O)CC(=O)O. The van der Waals surface area contributed by atoms with Crippen molar-refractivity contribution in [2.45, 2.75) is 51.4 Å². The van der Waals surface area contributed by atoms with Gasteiger partial charge < -0.3 is 25.2 Å². The second kappa shape index (κ2) is 13.2. The average Bonchev–Trinajstić information content (AvgIpc) is 3.27. The highest BCUT2D eigenvalue weighted by Crippen LogP contribution is 2.40. The number of hydrogen-bond acceptors (Lipinski definition) is 4. The molecule has 2 atom stereocenters. The van der Waals surface area contributed by atoms with Crippen molar-refractivity contribution in [3.05, 3.63) is 102 Å². The third-order valence-electron chi connectivity index (χ3n) is 6.79. The van der Waals surface area contributed by atoms with Gasteiger partial charge in [0.15, 0.2) is 0 Å². The van der Waals surface area contributed by atoms with E-state index in [1.165, 1.54) is 12.1 Å². The number of nitrogens with zero attached hydrogens (tertiary/aromatic N) is 1. The van der Waals surface area contributed by atoms with Crippen LogP contribution in [-0.2, 0) is 17.8 Å². The van der Waals surface area contributed by atoms with Crippen LogP contribution in [0, 0.1) is 5.82 Å². The number of carbonyl (C=O) groups is 2. The van der Waals surface area contributed by atoms with E-state index in [0.717, 1.165) is 11.3 Å². The van der Waals surface area contributed by atoms with Gasteiger partial charge >= 0.3 is 5.97 Å². The van der Waals surface area contributed by atoms with Gasteiger partial charge in [-0.25, -0.2) is 4.39 Å². The normalized spacial score (nSPS) is 12.6. The van der Waals surface area contributed by atoms with Crippen molar-refractivity contribution in [3.63, 3.8) is 0 Å². The number of hydrogen-bond donors (Lipinski definition) is 4. The predicted molar refractivity (Wildman–Crippen MR) is 153 cm³/mol. The monoisotopic (exact) mass is 544 g/mol. The molecule has 1 heterocycles. The molecule has 0 aliphatic heterocycles. The molecular weight excluding hydrogens is 511 g/mol. The van der Waals surface area contributed by atoms with E-state index >= 15 is 0 Å². The Balaban J connectivity index is 1.85. The Labute approximate surface area is 232 Å². The Morgan fingerprint density at radius 2 is 1.50 bits per heavy atom. The summed E-state index contributed by atoms with van der Waals surface area (Å²) in [6.45, 7) is 2.23. The van der Waals surface area contributed by atoms with Crippen LogP contribution in [0.2, 0.25) is 0 Å². The molecule has 1 aromatic heterocycles. The van der Waals surface area contributed by atoms with Crippen LogP contribution >= 0.6 is 0 Å². The summed E-state index contributed by atoms with van der Waals surface area (Å²) in [5.41, 5.74) is 4.78. The zero-order valence-corrected chi connectivity index (χ0v) is 22.3. The number of amides is 1. The van der Waals surface area contributed by atoms with Gasteiger partial charge in [0.25, 0.3) is 5.91 Å². The van der Waals surface area contributed by atoms with Crippen molar-refractivity contribution in [3.8, 4) is 22.4 Å². The quantitative estimate of drug-likeness (QED) is 0.181. The summed E-state index contributed by atoms with van der Waals surface area (Å²) in [5, 5.41) is 32.6. The summed E-state index contributed by atoms with van der Waals surface area (Å²) in [6, 6.07) is 24.7. The molecule has 0 aliphatic carbocycles. The minimum Gasteiger partial charge on any atom is -0.481 e. The fourth-order valence-electron chi connectivity index (χ4n) is 5.03. The maximum Gasteiger partial charge on any atom is 0.305 e. The number of benzene rings is 3. The van der Waals surface area contributed by atoms with Gasteiger partial charge in [0.05, 0.1) is 29.9 Å². The third-order valence-corrected chi connectivity index (χ3v) is 6.79. The molecule has 40 heavy (non-hydrogen) atoms. The van der Waals surface area contributed by atoms with Crippen LogP contribution < -0.4 is 5.32 Å². The van der Waals surface area contributed by atoms with Crippen molar-refractivity contribution in [2.24, 2.45) is 0 Å². The van der Waals surface area contributed by atoms with Crippen LogP contribution in [0.3, 0.4) is 0 Å². The van der Waals surface area contributed by atoms with Crippen molar-refractivity contribution < 1.29 is 29.3 Å². The van der Waals surface area contributed by atoms with E-state index in [0.29, 0.717) is 34.5 Å². The van der Waals surface area contributed by atoms with Gasteiger partial charge in [-0.1, -0.05) is 55.5 Å². The van der Waals surface area contributed by atoms with Crippen molar-refractivity contribution >= 4 is 17.6 Å². The van der Waals surface area contributed by atoms with Gasteiger partial charge in [-0.3, -0.25) is 9.59 Å². The lowest BCUT2D eigenvalue weighted by Crippen LogP contribution is -2.22. The highest BCUT2D eigenvalue weighted by atomic mass is 19.1. The lowest BCUT2D eigenvalue weighted by Gasteiger charge is -2.18. The average molecular weight is 545 g/mol. The number of carboxylic acid groups (broad SMARTS) is 1. The molecule has 4 N–H and O–H groups in total. The number of aliphatic hydroxyl groups is 2. The topological polar surface area (TPSA) is 112 Å². The number of carboxylic acids is 1. The van der Waals surface area contributed by atoms with E-state index < -0.39 is 24.6 Å². The Kier molecular flexibility index (Phi) is 9.47. The summed E-state index contributed by atoms with van der Waals surface area (Å²) in [5.74, 6) is -1.82. The largest absolute Gasteiger partial charge is 0.481 e. The van der Waals surface area contributed by atoms with Crippen LogP contribution in [0.5, 0.6) is 0 Å². The fourth-order valence-corrected chi connectivity index (χ4v) is 5.03. The van der Waals surface area contributed by atoms with Crippen LogP contribution in [-0.4, -0.2) is 44.0 Å². The molecule has 0 fully saturated rings. The van der Waals surface area contributed by atoms with Gasteiger partial charge in [0.2, 0.25) is 0 Å². The Bertz CT molecular complexity index is 1440. The molecule has 0 spiro atoms. The van der Waals surface area contributed by atoms with E-state index in [4.69, 9.17) is 5.11 Å². The molecule has 4 aromatic rings. The van der Waals surface area contributed by atoms with Gasteiger partial charge in [-0.15, -0.1) is 0 Å². The maximum atomic E-state index is 13.9. The lowest BCUT2D eigenvalue weighted by atomic mass is 9.96. The van der Waals surface area contributed by atoms with Crippen LogP contribution in [0.4, 0.5) is 10.1 Å². The van der Waals surface area contributed by atoms with Crippen LogP contribution in [0.25, 0.3) is 22.4 Å². The second-order valence-corrected chi connectivity index (χ2v) is 9.67. The zero-order valence-electron chi connectivity index (χ0n) is 22.3. The first-order chi connectivity index (χ1) is 19.3. The van der Waals surface area contributed by atoms with Gasteiger partial charge in [0, 0.05) is 23.5 Å². The van der Waals surface area contributed by atoms with Crippen molar-refractivity contribution in [1.29, 1.82) is 0 Å². The molecule has 0 bridgehead atoms. The van der Waals surface area contributed by atoms with E-state index in [1.807, 2.05) is 72.2 Å². The van der Waals surface area contributed by atoms with Crippen LogP contribution in [0.1, 0.15) is 42.2 Å². The number of halogens is 1. The number of anilines is 1. The molecule has 0 unspecified atom stereocenters. The fraction of sp³-hybridized carbons (Fsp3) is 0.250. The Morgan fingerprint density at radius 1 is 0.875 bits per heavy atom. The lowest BCUT2D eigenvalue weighted by molar-refractivity contribution is -0.139. The van der Waals surface area contributed by atoms with Crippen molar-refractivity contribution in [2.75, 3.05) is 5.32 Å². The molecule has 7 nitrogen and oxygen atoms in total. The maximum absolute atomic E-state index is 13.9. The van der Waals surface area contributed by atoms with Gasteiger partial charge in [-0.2, -0.15) is 0 Å². The van der Waals surface area contributed by atoms with E-state index in [1.54, 1.807) is 12.1 Å². The number of aliphatic carboxylic acids is 1. The highest BCUT2D eigenvalue weighted by molar-refractivity contribution is 6.12. The first kappa shape index (κ1) is 28.7. The summed E-state index contributed by atoms with van der Waals surface area (Å²) in [7, 11) is 0. The Hall–Kier alpha value is -4.27. The number of aliphatic hydroxyl groups excluding tert-OH is 2. The molecular formula is C32H33FN2O5. The molecule has 1 amide bonds. The Morgan fingerprint density at radius 3 is 2.10 bits per heavy atom. The number of carbonyl (C=O) groups excluding carboxylic acids is 1. The van der Waals surface area contributed by atoms with Gasteiger partial charge in [0.1, 0.15) is 5.82 Å². The molecule has 0 saturated heterocycles. The van der Waals surface area contributed by atoms with E-state index in [9.17, 15) is 24.2 Å². The standard InChI is InChI=1S/C32H33FN2O5/c1-2-27-30(32(40)34-24-11-7-4-8-12-24)29(21-9-5-3-6-10-21)31(22-13-15-23(33)16-14-22)35(27)18-17-25(36)19-26(37)20-28(38)39/h3-16,25-26,36-37H,2,17-20H2,1H3,(H,34,40)(H,38,39)/t25-,26-/m1/s1. The minimum atomic E-state index is -1.17. The number of nitrogens with one attached hydrogen (secondary N) is 1.